The monoisotopic (exact) mass is 428 g/mol. The summed E-state index contributed by atoms with van der Waals surface area (Å²) < 4.78 is 7.31. The number of fused-ring (bicyclic) bond motifs is 1. The highest BCUT2D eigenvalue weighted by Gasteiger charge is 2.15. The van der Waals surface area contributed by atoms with Crippen LogP contribution in [0.5, 0.6) is 5.75 Å². The summed E-state index contributed by atoms with van der Waals surface area (Å²) in [4.78, 5) is 3.81. The Kier molecular flexibility index (Phi) is 5.92. The van der Waals surface area contributed by atoms with Crippen LogP contribution in [-0.2, 0) is 6.42 Å². The van der Waals surface area contributed by atoms with E-state index in [9.17, 15) is 0 Å². The van der Waals surface area contributed by atoms with Gasteiger partial charge in [-0.3, -0.25) is 4.90 Å². The summed E-state index contributed by atoms with van der Waals surface area (Å²) >= 11 is 1.86. The van der Waals surface area contributed by atoms with E-state index in [2.05, 4.69) is 65.6 Å². The molecule has 31 heavy (non-hydrogen) atoms. The Morgan fingerprint density at radius 2 is 1.61 bits per heavy atom. The van der Waals surface area contributed by atoms with Gasteiger partial charge in [0.25, 0.3) is 0 Å². The molecular formula is C27H28N2OS. The van der Waals surface area contributed by atoms with Crippen LogP contribution in [0.15, 0.2) is 72.8 Å². The normalized spacial score (nSPS) is 14.3. The largest absolute Gasteiger partial charge is 0.492 e. The summed E-state index contributed by atoms with van der Waals surface area (Å²) in [7, 11) is 0. The Morgan fingerprint density at radius 1 is 0.871 bits per heavy atom. The Balaban J connectivity index is 1.34. The first-order valence-corrected chi connectivity index (χ1v) is 11.9. The fourth-order valence-corrected chi connectivity index (χ4v) is 5.58. The number of benzene rings is 3. The Bertz CT molecular complexity index is 1140. The van der Waals surface area contributed by atoms with Gasteiger partial charge in [0.05, 0.1) is 0 Å². The van der Waals surface area contributed by atoms with Crippen molar-refractivity contribution in [3.05, 3.63) is 83.9 Å². The summed E-state index contributed by atoms with van der Waals surface area (Å²) in [5.74, 6) is 0.955. The fraction of sp³-hybridized carbons (Fsp3) is 0.259. The van der Waals surface area contributed by atoms with Crippen molar-refractivity contribution < 1.29 is 4.74 Å². The van der Waals surface area contributed by atoms with Gasteiger partial charge in [0, 0.05) is 21.8 Å². The van der Waals surface area contributed by atoms with Crippen molar-refractivity contribution in [2.24, 2.45) is 0 Å². The quantitative estimate of drug-likeness (QED) is 0.355. The molecule has 0 unspecified atom stereocenters. The summed E-state index contributed by atoms with van der Waals surface area (Å²) in [5.41, 5.74) is 10.6. The highest BCUT2D eigenvalue weighted by molar-refractivity contribution is 7.22. The molecule has 4 aromatic rings. The van der Waals surface area contributed by atoms with Crippen LogP contribution >= 0.6 is 11.3 Å². The van der Waals surface area contributed by atoms with Crippen molar-refractivity contribution in [2.75, 3.05) is 32.0 Å². The average Bonchev–Trinajstić information content (AvgIpc) is 3.44. The van der Waals surface area contributed by atoms with Crippen LogP contribution in [0.2, 0.25) is 0 Å². The molecule has 5 rings (SSSR count). The molecule has 1 aliphatic rings. The van der Waals surface area contributed by atoms with E-state index in [1.165, 1.54) is 57.6 Å². The number of nitrogens with zero attached hydrogens (tertiary/aromatic N) is 1. The van der Waals surface area contributed by atoms with Crippen molar-refractivity contribution in [1.29, 1.82) is 0 Å². The Labute approximate surface area is 188 Å². The summed E-state index contributed by atoms with van der Waals surface area (Å²) in [6, 6.07) is 25.5. The lowest BCUT2D eigenvalue weighted by Gasteiger charge is -2.15. The van der Waals surface area contributed by atoms with Crippen LogP contribution in [0.4, 0.5) is 5.69 Å². The minimum absolute atomic E-state index is 0.760. The van der Waals surface area contributed by atoms with Crippen LogP contribution in [-0.4, -0.2) is 31.1 Å². The van der Waals surface area contributed by atoms with Gasteiger partial charge in [0.2, 0.25) is 0 Å². The first kappa shape index (κ1) is 20.1. The molecule has 0 aliphatic carbocycles. The number of hydrogen-bond donors (Lipinski definition) is 1. The predicted octanol–water partition coefficient (Wildman–Crippen LogP) is 6.22. The third-order valence-corrected chi connectivity index (χ3v) is 7.31. The smallest absolute Gasteiger partial charge is 0.119 e. The van der Waals surface area contributed by atoms with Gasteiger partial charge in [-0.1, -0.05) is 42.5 Å². The van der Waals surface area contributed by atoms with E-state index >= 15 is 0 Å². The van der Waals surface area contributed by atoms with E-state index in [4.69, 9.17) is 10.5 Å². The number of likely N-dealkylation sites (tertiary alicyclic amines) is 1. The van der Waals surface area contributed by atoms with E-state index in [1.807, 2.05) is 23.5 Å². The molecule has 0 amide bonds. The van der Waals surface area contributed by atoms with Crippen LogP contribution < -0.4 is 10.5 Å². The maximum atomic E-state index is 5.98. The molecule has 1 saturated heterocycles. The van der Waals surface area contributed by atoms with Gasteiger partial charge in [-0.15, -0.1) is 11.3 Å². The number of anilines is 1. The Hall–Kier alpha value is -2.82. The molecule has 2 heterocycles. The van der Waals surface area contributed by atoms with Gasteiger partial charge in [-0.25, -0.2) is 0 Å². The zero-order valence-corrected chi connectivity index (χ0v) is 18.5. The lowest BCUT2D eigenvalue weighted by atomic mass is 9.99. The van der Waals surface area contributed by atoms with Gasteiger partial charge in [0.15, 0.2) is 0 Å². The summed E-state index contributed by atoms with van der Waals surface area (Å²) in [6.07, 6.45) is 3.55. The summed E-state index contributed by atoms with van der Waals surface area (Å²) in [6.45, 7) is 4.21. The lowest BCUT2D eigenvalue weighted by Crippen LogP contribution is -2.25. The molecular weight excluding hydrogens is 400 g/mol. The maximum absolute atomic E-state index is 5.98. The molecule has 158 valence electrons. The fourth-order valence-electron chi connectivity index (χ4n) is 4.35. The van der Waals surface area contributed by atoms with Crippen LogP contribution in [0.1, 0.15) is 24.0 Å². The van der Waals surface area contributed by atoms with Crippen LogP contribution in [0.25, 0.3) is 20.5 Å². The SMILES string of the molecule is Nc1ccc(-c2sc3ccccc3c2Cc2ccc(OCCN3CCCC3)cc2)cc1. The second kappa shape index (κ2) is 9.13. The van der Waals surface area contributed by atoms with Gasteiger partial charge < -0.3 is 10.5 Å². The third-order valence-electron chi connectivity index (χ3n) is 6.05. The maximum Gasteiger partial charge on any atom is 0.119 e. The van der Waals surface area contributed by atoms with Crippen molar-refractivity contribution in [3.63, 3.8) is 0 Å². The molecule has 0 atom stereocenters. The van der Waals surface area contributed by atoms with E-state index in [0.29, 0.717) is 0 Å². The number of nitrogen functional groups attached to an aromatic ring is 1. The zero-order chi connectivity index (χ0) is 21.0. The molecule has 1 aromatic heterocycles. The molecule has 0 saturated carbocycles. The second-order valence-corrected chi connectivity index (χ2v) is 9.30. The number of thiophene rings is 1. The van der Waals surface area contributed by atoms with Crippen molar-refractivity contribution >= 4 is 27.1 Å². The average molecular weight is 429 g/mol. The lowest BCUT2D eigenvalue weighted by molar-refractivity contribution is 0.238. The third kappa shape index (κ3) is 4.60. The van der Waals surface area contributed by atoms with E-state index in [1.54, 1.807) is 0 Å². The molecule has 0 radical (unpaired) electrons. The number of hydrogen-bond acceptors (Lipinski definition) is 4. The minimum atomic E-state index is 0.760. The van der Waals surface area contributed by atoms with Crippen molar-refractivity contribution in [1.82, 2.24) is 4.90 Å². The predicted molar refractivity (Wildman–Crippen MR) is 132 cm³/mol. The van der Waals surface area contributed by atoms with Gasteiger partial charge in [0.1, 0.15) is 12.4 Å². The molecule has 0 bridgehead atoms. The van der Waals surface area contributed by atoms with E-state index in [-0.39, 0.29) is 0 Å². The second-order valence-electron chi connectivity index (χ2n) is 8.25. The topological polar surface area (TPSA) is 38.5 Å². The van der Waals surface area contributed by atoms with Gasteiger partial charge in [-0.2, -0.15) is 0 Å². The highest BCUT2D eigenvalue weighted by Crippen LogP contribution is 2.40. The van der Waals surface area contributed by atoms with Crippen LogP contribution in [0.3, 0.4) is 0 Å². The van der Waals surface area contributed by atoms with E-state index < -0.39 is 0 Å². The molecule has 0 spiro atoms. The highest BCUT2D eigenvalue weighted by atomic mass is 32.1. The van der Waals surface area contributed by atoms with Gasteiger partial charge >= 0.3 is 0 Å². The van der Waals surface area contributed by atoms with Gasteiger partial charge in [-0.05, 0) is 84.8 Å². The van der Waals surface area contributed by atoms with Crippen molar-refractivity contribution in [3.8, 4) is 16.2 Å². The number of rotatable bonds is 7. The molecule has 3 nitrogen and oxygen atoms in total. The zero-order valence-electron chi connectivity index (χ0n) is 17.7. The number of nitrogens with two attached hydrogens (primary N) is 1. The van der Waals surface area contributed by atoms with E-state index in [0.717, 1.165) is 31.0 Å². The Morgan fingerprint density at radius 3 is 2.39 bits per heavy atom. The number of ether oxygens (including phenoxy) is 1. The summed E-state index contributed by atoms with van der Waals surface area (Å²) in [5, 5.41) is 1.34. The van der Waals surface area contributed by atoms with Crippen LogP contribution in [0, 0.1) is 0 Å². The first-order valence-electron chi connectivity index (χ1n) is 11.1. The molecule has 4 heteroatoms. The first-order chi connectivity index (χ1) is 15.3. The molecule has 1 fully saturated rings. The van der Waals surface area contributed by atoms with Crippen molar-refractivity contribution in [2.45, 2.75) is 19.3 Å². The molecule has 1 aliphatic heterocycles. The molecule has 2 N–H and O–H groups in total. The molecule has 3 aromatic carbocycles. The standard InChI is InChI=1S/C27H28N2OS/c28-22-11-9-21(10-12-22)27-25(24-5-1-2-6-26(24)31-27)19-20-7-13-23(14-8-20)30-18-17-29-15-3-4-16-29/h1-2,5-14H,3-4,15-19,28H2. The minimum Gasteiger partial charge on any atom is -0.492 e.